The van der Waals surface area contributed by atoms with Crippen molar-refractivity contribution in [1.29, 1.82) is 0 Å². The highest BCUT2D eigenvalue weighted by Crippen LogP contribution is 2.06. The van der Waals surface area contributed by atoms with E-state index in [-0.39, 0.29) is 5.63 Å². The van der Waals surface area contributed by atoms with E-state index in [0.29, 0.717) is 11.6 Å². The van der Waals surface area contributed by atoms with Crippen molar-refractivity contribution < 1.29 is 4.42 Å². The number of aromatic nitrogens is 1. The summed E-state index contributed by atoms with van der Waals surface area (Å²) in [6, 6.07) is 0.350. The maximum Gasteiger partial charge on any atom is 0.343 e. The Morgan fingerprint density at radius 2 is 1.92 bits per heavy atom. The molecule has 12 heavy (non-hydrogen) atoms. The predicted molar refractivity (Wildman–Crippen MR) is 46.6 cm³/mol. The van der Waals surface area contributed by atoms with Crippen LogP contribution in [0.15, 0.2) is 9.21 Å². The highest BCUT2D eigenvalue weighted by atomic mass is 16.4. The molecule has 0 aliphatic heterocycles. The van der Waals surface area contributed by atoms with Gasteiger partial charge in [0.1, 0.15) is 0 Å². The second kappa shape index (κ2) is 2.97. The molecule has 4 heteroatoms. The molecule has 0 bridgehead atoms. The van der Waals surface area contributed by atoms with E-state index in [0.717, 1.165) is 5.69 Å². The Kier molecular flexibility index (Phi) is 2.17. The quantitative estimate of drug-likeness (QED) is 0.619. The van der Waals surface area contributed by atoms with Gasteiger partial charge in [0.2, 0.25) is 0 Å². The van der Waals surface area contributed by atoms with Crippen molar-refractivity contribution in [2.45, 2.75) is 13.8 Å². The molecule has 1 aromatic heterocycles. The summed E-state index contributed by atoms with van der Waals surface area (Å²) in [7, 11) is 3.56. The van der Waals surface area contributed by atoms with Crippen molar-refractivity contribution in [1.82, 2.24) is 4.98 Å². The number of rotatable bonds is 1. The molecular weight excluding hydrogens is 156 g/mol. The van der Waals surface area contributed by atoms with Crippen molar-refractivity contribution in [3.8, 4) is 0 Å². The third-order valence-electron chi connectivity index (χ3n) is 1.68. The van der Waals surface area contributed by atoms with Crippen LogP contribution in [0.5, 0.6) is 0 Å². The van der Waals surface area contributed by atoms with Gasteiger partial charge in [0.15, 0.2) is 0 Å². The van der Waals surface area contributed by atoms with Gasteiger partial charge < -0.3 is 9.32 Å². The van der Waals surface area contributed by atoms with E-state index in [9.17, 15) is 4.79 Å². The first-order chi connectivity index (χ1) is 5.52. The zero-order valence-electron chi connectivity index (χ0n) is 7.71. The van der Waals surface area contributed by atoms with Crippen molar-refractivity contribution in [3.05, 3.63) is 21.7 Å². The monoisotopic (exact) mass is 168 g/mol. The van der Waals surface area contributed by atoms with Gasteiger partial charge in [0.25, 0.3) is 6.01 Å². The molecule has 0 saturated heterocycles. The minimum atomic E-state index is -0.314. The minimum Gasteiger partial charge on any atom is -0.389 e. The molecule has 0 saturated carbocycles. The van der Waals surface area contributed by atoms with Gasteiger partial charge in [-0.15, -0.1) is 0 Å². The normalized spacial score (nSPS) is 10.0. The zero-order valence-corrected chi connectivity index (χ0v) is 7.71. The van der Waals surface area contributed by atoms with E-state index in [1.54, 1.807) is 32.8 Å². The van der Waals surface area contributed by atoms with Gasteiger partial charge in [-0.1, -0.05) is 0 Å². The van der Waals surface area contributed by atoms with Crippen LogP contribution in [0.4, 0.5) is 6.01 Å². The number of nitrogens with zero attached hydrogens (tertiary/aromatic N) is 2. The molecule has 66 valence electrons. The summed E-state index contributed by atoms with van der Waals surface area (Å²) >= 11 is 0. The first-order valence-corrected chi connectivity index (χ1v) is 3.68. The average molecular weight is 168 g/mol. The zero-order chi connectivity index (χ0) is 9.30. The van der Waals surface area contributed by atoms with Crippen LogP contribution in [0.3, 0.4) is 0 Å². The molecule has 0 aliphatic carbocycles. The molecule has 0 aromatic carbocycles. The standard InChI is InChI=1S/C8H12N2O2/c1-5-6(2)9-8(10(3)4)12-7(5)11/h1-4H3. The van der Waals surface area contributed by atoms with Gasteiger partial charge in [-0.2, -0.15) is 0 Å². The van der Waals surface area contributed by atoms with Crippen LogP contribution in [-0.4, -0.2) is 19.1 Å². The highest BCUT2D eigenvalue weighted by molar-refractivity contribution is 5.25. The van der Waals surface area contributed by atoms with E-state index in [2.05, 4.69) is 4.98 Å². The number of hydrogen-bond donors (Lipinski definition) is 0. The lowest BCUT2D eigenvalue weighted by molar-refractivity contribution is 0.484. The summed E-state index contributed by atoms with van der Waals surface area (Å²) in [6.45, 7) is 3.49. The third-order valence-corrected chi connectivity index (χ3v) is 1.68. The Bertz CT molecular complexity index is 341. The number of hydrogen-bond acceptors (Lipinski definition) is 4. The van der Waals surface area contributed by atoms with Gasteiger partial charge in [0, 0.05) is 14.1 Å². The molecule has 0 aliphatic rings. The lowest BCUT2D eigenvalue weighted by Crippen LogP contribution is -2.16. The summed E-state index contributed by atoms with van der Waals surface area (Å²) in [5.74, 6) is 0. The molecule has 0 N–H and O–H groups in total. The maximum atomic E-state index is 11.1. The van der Waals surface area contributed by atoms with Gasteiger partial charge in [-0.05, 0) is 13.8 Å². The van der Waals surface area contributed by atoms with Crippen molar-refractivity contribution >= 4 is 6.01 Å². The molecule has 1 heterocycles. The second-order valence-electron chi connectivity index (χ2n) is 2.89. The average Bonchev–Trinajstić information content (AvgIpc) is 1.99. The summed E-state index contributed by atoms with van der Waals surface area (Å²) in [6.07, 6.45) is 0. The first-order valence-electron chi connectivity index (χ1n) is 3.68. The molecular formula is C8H12N2O2. The summed E-state index contributed by atoms with van der Waals surface area (Å²) in [5.41, 5.74) is 0.974. The molecule has 0 fully saturated rings. The van der Waals surface area contributed by atoms with E-state index in [1.807, 2.05) is 0 Å². The van der Waals surface area contributed by atoms with Gasteiger partial charge >= 0.3 is 5.63 Å². The van der Waals surface area contributed by atoms with Crippen LogP contribution < -0.4 is 10.5 Å². The smallest absolute Gasteiger partial charge is 0.343 e. The van der Waals surface area contributed by atoms with Gasteiger partial charge in [-0.25, -0.2) is 9.78 Å². The van der Waals surface area contributed by atoms with E-state index in [1.165, 1.54) is 0 Å². The first kappa shape index (κ1) is 8.77. The molecule has 0 radical (unpaired) electrons. The third kappa shape index (κ3) is 1.47. The molecule has 0 unspecified atom stereocenters. The molecule has 0 atom stereocenters. The Hall–Kier alpha value is -1.32. The lowest BCUT2D eigenvalue weighted by atomic mass is 10.3. The molecule has 4 nitrogen and oxygen atoms in total. The molecule has 0 amide bonds. The lowest BCUT2D eigenvalue weighted by Gasteiger charge is -2.09. The Morgan fingerprint density at radius 3 is 2.33 bits per heavy atom. The highest BCUT2D eigenvalue weighted by Gasteiger charge is 2.06. The van der Waals surface area contributed by atoms with Gasteiger partial charge in [0.05, 0.1) is 11.3 Å². The fourth-order valence-electron chi connectivity index (χ4n) is 0.749. The number of anilines is 1. The predicted octanol–water partition coefficient (Wildman–Crippen LogP) is 0.718. The SMILES string of the molecule is Cc1nc(N(C)C)oc(=O)c1C. The Balaban J connectivity index is 3.31. The summed E-state index contributed by atoms with van der Waals surface area (Å²) < 4.78 is 4.91. The summed E-state index contributed by atoms with van der Waals surface area (Å²) in [5, 5.41) is 0. The van der Waals surface area contributed by atoms with Crippen LogP contribution in [0.25, 0.3) is 0 Å². The second-order valence-corrected chi connectivity index (χ2v) is 2.89. The van der Waals surface area contributed by atoms with Crippen LogP contribution in [0.1, 0.15) is 11.3 Å². The topological polar surface area (TPSA) is 46.3 Å². The van der Waals surface area contributed by atoms with Crippen LogP contribution in [0.2, 0.25) is 0 Å². The van der Waals surface area contributed by atoms with Crippen molar-refractivity contribution in [3.63, 3.8) is 0 Å². The van der Waals surface area contributed by atoms with Crippen molar-refractivity contribution in [2.75, 3.05) is 19.0 Å². The largest absolute Gasteiger partial charge is 0.389 e. The fraction of sp³-hybridized carbons (Fsp3) is 0.500. The Morgan fingerprint density at radius 1 is 1.33 bits per heavy atom. The van der Waals surface area contributed by atoms with E-state index < -0.39 is 0 Å². The number of aryl methyl sites for hydroxylation is 1. The maximum absolute atomic E-state index is 11.1. The van der Waals surface area contributed by atoms with E-state index >= 15 is 0 Å². The van der Waals surface area contributed by atoms with Crippen LogP contribution in [0, 0.1) is 13.8 Å². The minimum absolute atomic E-state index is 0.314. The van der Waals surface area contributed by atoms with Crippen molar-refractivity contribution in [2.24, 2.45) is 0 Å². The molecule has 1 aromatic rings. The molecule has 1 rings (SSSR count). The Labute approximate surface area is 70.8 Å². The molecule has 0 spiro atoms. The summed E-state index contributed by atoms with van der Waals surface area (Å²) in [4.78, 5) is 16.9. The fourth-order valence-corrected chi connectivity index (χ4v) is 0.749. The van der Waals surface area contributed by atoms with E-state index in [4.69, 9.17) is 4.42 Å². The van der Waals surface area contributed by atoms with Gasteiger partial charge in [-0.3, -0.25) is 0 Å². The van der Waals surface area contributed by atoms with Crippen LogP contribution in [-0.2, 0) is 0 Å². The van der Waals surface area contributed by atoms with Crippen LogP contribution >= 0.6 is 0 Å².